The standard InChI is InChI=1S/C18H23N/c1-5-14(3)17(6-2)10-7-15(4)18-11-8-16(13-19)9-12-18/h7-12,14H,5-6H2,1-4H3/b15-7+,17-10+. The zero-order valence-electron chi connectivity index (χ0n) is 12.4. The molecule has 0 amide bonds. The van der Waals surface area contributed by atoms with E-state index in [0.717, 1.165) is 6.42 Å². The molecular weight excluding hydrogens is 230 g/mol. The Labute approximate surface area is 117 Å². The molecule has 100 valence electrons. The topological polar surface area (TPSA) is 23.8 Å². The van der Waals surface area contributed by atoms with Crippen LogP contribution in [-0.4, -0.2) is 0 Å². The van der Waals surface area contributed by atoms with Crippen molar-refractivity contribution >= 4 is 5.57 Å². The summed E-state index contributed by atoms with van der Waals surface area (Å²) in [6.07, 6.45) is 6.73. The van der Waals surface area contributed by atoms with Gasteiger partial charge in [-0.25, -0.2) is 0 Å². The fourth-order valence-corrected chi connectivity index (χ4v) is 2.03. The Morgan fingerprint density at radius 1 is 1.21 bits per heavy atom. The molecule has 1 aromatic carbocycles. The van der Waals surface area contributed by atoms with E-state index < -0.39 is 0 Å². The summed E-state index contributed by atoms with van der Waals surface area (Å²) < 4.78 is 0. The minimum absolute atomic E-state index is 0.648. The van der Waals surface area contributed by atoms with Crippen LogP contribution in [0.15, 0.2) is 42.0 Å². The van der Waals surface area contributed by atoms with E-state index in [2.05, 4.69) is 45.9 Å². The molecular formula is C18H23N. The molecule has 1 atom stereocenters. The maximum absolute atomic E-state index is 8.79. The van der Waals surface area contributed by atoms with Gasteiger partial charge in [-0.3, -0.25) is 0 Å². The van der Waals surface area contributed by atoms with Crippen LogP contribution in [0.5, 0.6) is 0 Å². The highest BCUT2D eigenvalue weighted by molar-refractivity contribution is 5.65. The zero-order valence-corrected chi connectivity index (χ0v) is 12.4. The van der Waals surface area contributed by atoms with Gasteiger partial charge in [-0.15, -0.1) is 0 Å². The third-order valence-electron chi connectivity index (χ3n) is 3.67. The van der Waals surface area contributed by atoms with Gasteiger partial charge < -0.3 is 0 Å². The first-order valence-corrected chi connectivity index (χ1v) is 7.00. The molecule has 0 saturated heterocycles. The van der Waals surface area contributed by atoms with E-state index in [1.54, 1.807) is 0 Å². The fourth-order valence-electron chi connectivity index (χ4n) is 2.03. The smallest absolute Gasteiger partial charge is 0.0991 e. The second kappa shape index (κ2) is 7.59. The third kappa shape index (κ3) is 4.41. The summed E-state index contributed by atoms with van der Waals surface area (Å²) in [6.45, 7) is 8.83. The Kier molecular flexibility index (Phi) is 6.09. The average Bonchev–Trinajstić information content (AvgIpc) is 2.47. The van der Waals surface area contributed by atoms with Gasteiger partial charge in [0, 0.05) is 0 Å². The molecule has 0 aliphatic rings. The van der Waals surface area contributed by atoms with Crippen LogP contribution in [-0.2, 0) is 0 Å². The highest BCUT2D eigenvalue weighted by Crippen LogP contribution is 2.20. The summed E-state index contributed by atoms with van der Waals surface area (Å²) in [4.78, 5) is 0. The van der Waals surface area contributed by atoms with Gasteiger partial charge in [-0.05, 0) is 49.0 Å². The molecule has 0 spiro atoms. The van der Waals surface area contributed by atoms with Gasteiger partial charge >= 0.3 is 0 Å². The van der Waals surface area contributed by atoms with Gasteiger partial charge in [-0.2, -0.15) is 5.26 Å². The molecule has 0 radical (unpaired) electrons. The Bertz CT molecular complexity index is 497. The Balaban J connectivity index is 2.91. The van der Waals surface area contributed by atoms with Crippen LogP contribution in [0.25, 0.3) is 5.57 Å². The molecule has 0 fully saturated rings. The molecule has 1 unspecified atom stereocenters. The van der Waals surface area contributed by atoms with Crippen molar-refractivity contribution in [1.82, 2.24) is 0 Å². The fraction of sp³-hybridized carbons (Fsp3) is 0.389. The van der Waals surface area contributed by atoms with E-state index in [1.165, 1.54) is 23.1 Å². The van der Waals surface area contributed by atoms with E-state index in [9.17, 15) is 0 Å². The summed E-state index contributed by atoms with van der Waals surface area (Å²) in [5.41, 5.74) is 4.62. The number of hydrogen-bond acceptors (Lipinski definition) is 1. The van der Waals surface area contributed by atoms with Gasteiger partial charge in [0.2, 0.25) is 0 Å². The number of benzene rings is 1. The zero-order chi connectivity index (χ0) is 14.3. The molecule has 1 rings (SSSR count). The van der Waals surface area contributed by atoms with Crippen LogP contribution in [0, 0.1) is 17.2 Å². The minimum Gasteiger partial charge on any atom is -0.192 e. The average molecular weight is 253 g/mol. The lowest BCUT2D eigenvalue weighted by molar-refractivity contribution is 0.633. The lowest BCUT2D eigenvalue weighted by Crippen LogP contribution is -1.95. The summed E-state index contributed by atoms with van der Waals surface area (Å²) in [7, 11) is 0. The van der Waals surface area contributed by atoms with Gasteiger partial charge in [0.05, 0.1) is 11.6 Å². The van der Waals surface area contributed by atoms with E-state index in [-0.39, 0.29) is 0 Å². The number of nitriles is 1. The predicted molar refractivity (Wildman–Crippen MR) is 82.6 cm³/mol. The number of nitrogens with zero attached hydrogens (tertiary/aromatic N) is 1. The molecule has 0 aliphatic carbocycles. The lowest BCUT2D eigenvalue weighted by Gasteiger charge is -2.11. The largest absolute Gasteiger partial charge is 0.192 e. The van der Waals surface area contributed by atoms with Crippen molar-refractivity contribution in [2.45, 2.75) is 40.5 Å². The van der Waals surface area contributed by atoms with Crippen molar-refractivity contribution in [1.29, 1.82) is 5.26 Å². The maximum Gasteiger partial charge on any atom is 0.0991 e. The highest BCUT2D eigenvalue weighted by atomic mass is 14.2. The molecule has 1 nitrogen and oxygen atoms in total. The monoisotopic (exact) mass is 253 g/mol. The SMILES string of the molecule is CC/C(=C\C=C(/C)c1ccc(C#N)cc1)C(C)CC. The Morgan fingerprint density at radius 3 is 2.32 bits per heavy atom. The summed E-state index contributed by atoms with van der Waals surface area (Å²) in [5.74, 6) is 0.648. The Morgan fingerprint density at radius 2 is 1.84 bits per heavy atom. The van der Waals surface area contributed by atoms with Gasteiger partial charge in [-0.1, -0.05) is 50.6 Å². The molecule has 0 heterocycles. The maximum atomic E-state index is 8.79. The van der Waals surface area contributed by atoms with E-state index in [0.29, 0.717) is 11.5 Å². The first-order chi connectivity index (χ1) is 9.12. The van der Waals surface area contributed by atoms with Crippen LogP contribution in [0.2, 0.25) is 0 Å². The first-order valence-electron chi connectivity index (χ1n) is 7.00. The van der Waals surface area contributed by atoms with Crippen molar-refractivity contribution in [3.8, 4) is 6.07 Å². The van der Waals surface area contributed by atoms with Crippen LogP contribution in [0.3, 0.4) is 0 Å². The molecule has 0 aromatic heterocycles. The number of allylic oxidation sites excluding steroid dienone is 4. The number of hydrogen-bond donors (Lipinski definition) is 0. The van der Waals surface area contributed by atoms with Gasteiger partial charge in [0.25, 0.3) is 0 Å². The molecule has 0 bridgehead atoms. The van der Waals surface area contributed by atoms with E-state index >= 15 is 0 Å². The quantitative estimate of drug-likeness (QED) is 0.649. The van der Waals surface area contributed by atoms with E-state index in [4.69, 9.17) is 5.26 Å². The van der Waals surface area contributed by atoms with Crippen molar-refractivity contribution in [2.75, 3.05) is 0 Å². The van der Waals surface area contributed by atoms with Gasteiger partial charge in [0.15, 0.2) is 0 Å². The predicted octanol–water partition coefficient (Wildman–Crippen LogP) is 5.34. The summed E-state index contributed by atoms with van der Waals surface area (Å²) >= 11 is 0. The first kappa shape index (κ1) is 15.2. The molecule has 0 aliphatic heterocycles. The third-order valence-corrected chi connectivity index (χ3v) is 3.67. The molecule has 1 aromatic rings. The van der Waals surface area contributed by atoms with Crippen LogP contribution >= 0.6 is 0 Å². The van der Waals surface area contributed by atoms with Crippen LogP contribution in [0.4, 0.5) is 0 Å². The van der Waals surface area contributed by atoms with Crippen molar-refractivity contribution in [3.63, 3.8) is 0 Å². The van der Waals surface area contributed by atoms with Crippen molar-refractivity contribution in [2.24, 2.45) is 5.92 Å². The van der Waals surface area contributed by atoms with Crippen LogP contribution in [0.1, 0.15) is 51.7 Å². The molecule has 0 N–H and O–H groups in total. The second-order valence-corrected chi connectivity index (χ2v) is 4.94. The molecule has 19 heavy (non-hydrogen) atoms. The second-order valence-electron chi connectivity index (χ2n) is 4.94. The van der Waals surface area contributed by atoms with Crippen molar-refractivity contribution < 1.29 is 0 Å². The molecule has 0 saturated carbocycles. The highest BCUT2D eigenvalue weighted by Gasteiger charge is 2.03. The van der Waals surface area contributed by atoms with Gasteiger partial charge in [0.1, 0.15) is 0 Å². The number of rotatable bonds is 5. The Hall–Kier alpha value is -1.81. The summed E-state index contributed by atoms with van der Waals surface area (Å²) in [5, 5.41) is 8.79. The lowest BCUT2D eigenvalue weighted by atomic mass is 9.95. The summed E-state index contributed by atoms with van der Waals surface area (Å²) in [6, 6.07) is 9.89. The van der Waals surface area contributed by atoms with Crippen LogP contribution < -0.4 is 0 Å². The normalized spacial score (nSPS) is 14.1. The van der Waals surface area contributed by atoms with Crippen molar-refractivity contribution in [3.05, 3.63) is 53.1 Å². The molecule has 1 heteroatoms. The minimum atomic E-state index is 0.648. The van der Waals surface area contributed by atoms with E-state index in [1.807, 2.05) is 24.3 Å².